The first kappa shape index (κ1) is 26.8. The lowest BCUT2D eigenvalue weighted by Gasteiger charge is -2.32. The molecule has 2 rings (SSSR count). The lowest BCUT2D eigenvalue weighted by Crippen LogP contribution is -2.59. The molecule has 1 atom stereocenters. The molecule has 1 N–H and O–H groups in total. The van der Waals surface area contributed by atoms with E-state index < -0.39 is 35.6 Å². The van der Waals surface area contributed by atoms with E-state index in [4.69, 9.17) is 18.9 Å². The van der Waals surface area contributed by atoms with Crippen LogP contribution in [0.2, 0.25) is 0 Å². The van der Waals surface area contributed by atoms with E-state index in [0.29, 0.717) is 11.3 Å². The van der Waals surface area contributed by atoms with Crippen molar-refractivity contribution in [2.24, 2.45) is 0 Å². The van der Waals surface area contributed by atoms with Crippen molar-refractivity contribution >= 4 is 28.7 Å². The average molecular weight is 473 g/mol. The first-order valence-electron chi connectivity index (χ1n) is 10.7. The number of carbonyl (C=O) groups excluding carboxylic acids is 3. The van der Waals surface area contributed by atoms with Crippen molar-refractivity contribution in [1.82, 2.24) is 10.3 Å². The third-order valence-electron chi connectivity index (χ3n) is 4.80. The molecule has 9 nitrogen and oxygen atoms in total. The summed E-state index contributed by atoms with van der Waals surface area (Å²) in [5.74, 6) is -1.02. The summed E-state index contributed by atoms with van der Waals surface area (Å²) in [4.78, 5) is 42.9. The number of Topliss-reactive ketones (excluding diaryl/α,β-unsaturated/α-hetero) is 1. The second-order valence-corrected chi connectivity index (χ2v) is 8.83. The molecule has 1 aromatic carbocycles. The molecule has 1 unspecified atom stereocenters. The third-order valence-corrected chi connectivity index (χ3v) is 4.80. The fourth-order valence-electron chi connectivity index (χ4n) is 3.32. The molecular formula is C25H32N2O7. The van der Waals surface area contributed by atoms with Gasteiger partial charge < -0.3 is 24.3 Å². The standard InChI is InChI=1S/C25H32N2O7/c1-8-11-25(15-31-6,27-23(30)34-24(3,4)5)22(29)33-14-20(28)18-12-17-10-9-16(2)26-19(17)13-21(18)32-7/h8-10,12-13H,1,11,14-15H2,2-7H3,(H,27,30). The number of hydrogen-bond donors (Lipinski definition) is 1. The topological polar surface area (TPSA) is 113 Å². The number of ether oxygens (including phenoxy) is 4. The quantitative estimate of drug-likeness (QED) is 0.316. The zero-order valence-electron chi connectivity index (χ0n) is 20.5. The number of methoxy groups -OCH3 is 2. The van der Waals surface area contributed by atoms with Crippen molar-refractivity contribution in [3.05, 3.63) is 48.2 Å². The fourth-order valence-corrected chi connectivity index (χ4v) is 3.32. The Labute approximate surface area is 199 Å². The molecule has 0 fully saturated rings. The van der Waals surface area contributed by atoms with Gasteiger partial charge in [-0.05, 0) is 39.8 Å². The minimum Gasteiger partial charge on any atom is -0.496 e. The molecule has 0 aliphatic heterocycles. The van der Waals surface area contributed by atoms with Gasteiger partial charge in [0.05, 0.1) is 24.8 Å². The van der Waals surface area contributed by atoms with Gasteiger partial charge in [0, 0.05) is 30.7 Å². The summed E-state index contributed by atoms with van der Waals surface area (Å²) in [6, 6.07) is 6.98. The van der Waals surface area contributed by atoms with Crippen molar-refractivity contribution in [3.63, 3.8) is 0 Å². The predicted molar refractivity (Wildman–Crippen MR) is 127 cm³/mol. The highest BCUT2D eigenvalue weighted by atomic mass is 16.6. The van der Waals surface area contributed by atoms with E-state index in [1.807, 2.05) is 19.1 Å². The maximum absolute atomic E-state index is 13.1. The molecule has 0 radical (unpaired) electrons. The van der Waals surface area contributed by atoms with Crippen LogP contribution in [0.4, 0.5) is 4.79 Å². The summed E-state index contributed by atoms with van der Waals surface area (Å²) in [5, 5.41) is 3.27. The second kappa shape index (κ2) is 11.1. The number of alkyl carbamates (subject to hydrolysis) is 1. The van der Waals surface area contributed by atoms with Crippen LogP contribution in [0.3, 0.4) is 0 Å². The normalized spacial score (nSPS) is 13.0. The lowest BCUT2D eigenvalue weighted by atomic mass is 9.96. The van der Waals surface area contributed by atoms with E-state index in [2.05, 4.69) is 16.9 Å². The number of rotatable bonds is 10. The van der Waals surface area contributed by atoms with Gasteiger partial charge in [0.1, 0.15) is 11.4 Å². The van der Waals surface area contributed by atoms with Crippen LogP contribution in [0, 0.1) is 6.92 Å². The minimum absolute atomic E-state index is 0.00256. The maximum Gasteiger partial charge on any atom is 0.408 e. The van der Waals surface area contributed by atoms with Crippen molar-refractivity contribution < 1.29 is 33.3 Å². The molecule has 1 heterocycles. The maximum atomic E-state index is 13.1. The number of amides is 1. The van der Waals surface area contributed by atoms with Crippen LogP contribution >= 0.6 is 0 Å². The zero-order chi connectivity index (χ0) is 25.5. The van der Waals surface area contributed by atoms with Crippen LogP contribution in [-0.4, -0.2) is 61.4 Å². The molecule has 0 aliphatic rings. The number of hydrogen-bond acceptors (Lipinski definition) is 8. The van der Waals surface area contributed by atoms with E-state index >= 15 is 0 Å². The Balaban J connectivity index is 2.25. The predicted octanol–water partition coefficient (Wildman–Crippen LogP) is 3.76. The Morgan fingerprint density at radius 3 is 2.44 bits per heavy atom. The molecule has 2 aromatic rings. The van der Waals surface area contributed by atoms with Gasteiger partial charge in [-0.2, -0.15) is 0 Å². The minimum atomic E-state index is -1.62. The monoisotopic (exact) mass is 472 g/mol. The van der Waals surface area contributed by atoms with E-state index in [0.717, 1.165) is 11.1 Å². The van der Waals surface area contributed by atoms with Crippen molar-refractivity contribution in [2.45, 2.75) is 45.3 Å². The summed E-state index contributed by atoms with van der Waals surface area (Å²) in [7, 11) is 2.82. The second-order valence-electron chi connectivity index (χ2n) is 8.83. The largest absolute Gasteiger partial charge is 0.496 e. The molecule has 1 aromatic heterocycles. The summed E-state index contributed by atoms with van der Waals surface area (Å²) >= 11 is 0. The van der Waals surface area contributed by atoms with Gasteiger partial charge in [-0.25, -0.2) is 9.59 Å². The summed E-state index contributed by atoms with van der Waals surface area (Å²) in [6.07, 6.45) is 0.617. The Bertz CT molecular complexity index is 1070. The number of carbonyl (C=O) groups is 3. The average Bonchev–Trinajstić information content (AvgIpc) is 2.75. The van der Waals surface area contributed by atoms with Crippen LogP contribution in [0.25, 0.3) is 10.9 Å². The number of ketones is 1. The number of aromatic nitrogens is 1. The zero-order valence-corrected chi connectivity index (χ0v) is 20.5. The molecule has 34 heavy (non-hydrogen) atoms. The molecule has 9 heteroatoms. The van der Waals surface area contributed by atoms with Crippen LogP contribution in [0.1, 0.15) is 43.2 Å². The molecule has 0 aliphatic carbocycles. The fraction of sp³-hybridized carbons (Fsp3) is 0.440. The number of esters is 1. The Morgan fingerprint density at radius 1 is 1.15 bits per heavy atom. The molecular weight excluding hydrogens is 440 g/mol. The Hall–Kier alpha value is -3.46. The first-order valence-corrected chi connectivity index (χ1v) is 10.7. The van der Waals surface area contributed by atoms with E-state index in [1.165, 1.54) is 20.3 Å². The van der Waals surface area contributed by atoms with Crippen molar-refractivity contribution in [3.8, 4) is 5.75 Å². The molecule has 0 spiro atoms. The van der Waals surface area contributed by atoms with Crippen LogP contribution in [-0.2, 0) is 19.0 Å². The highest BCUT2D eigenvalue weighted by molar-refractivity contribution is 6.04. The van der Waals surface area contributed by atoms with Gasteiger partial charge in [0.25, 0.3) is 0 Å². The van der Waals surface area contributed by atoms with Gasteiger partial charge in [0.15, 0.2) is 12.1 Å². The Kier molecular flexibility index (Phi) is 8.75. The number of pyridine rings is 1. The summed E-state index contributed by atoms with van der Waals surface area (Å²) in [5.41, 5.74) is -0.645. The lowest BCUT2D eigenvalue weighted by molar-refractivity contribution is -0.152. The highest BCUT2D eigenvalue weighted by Gasteiger charge is 2.42. The van der Waals surface area contributed by atoms with Crippen LogP contribution in [0.15, 0.2) is 36.9 Å². The smallest absolute Gasteiger partial charge is 0.408 e. The van der Waals surface area contributed by atoms with Gasteiger partial charge in [-0.15, -0.1) is 6.58 Å². The van der Waals surface area contributed by atoms with Crippen molar-refractivity contribution in [2.75, 3.05) is 27.4 Å². The molecule has 0 bridgehead atoms. The third kappa shape index (κ3) is 6.77. The summed E-state index contributed by atoms with van der Waals surface area (Å²) < 4.78 is 21.1. The number of nitrogens with one attached hydrogen (secondary N) is 1. The Morgan fingerprint density at radius 2 is 1.85 bits per heavy atom. The van der Waals surface area contributed by atoms with E-state index in [-0.39, 0.29) is 18.6 Å². The molecule has 184 valence electrons. The van der Waals surface area contributed by atoms with Crippen molar-refractivity contribution in [1.29, 1.82) is 0 Å². The van der Waals surface area contributed by atoms with Crippen LogP contribution in [0.5, 0.6) is 5.75 Å². The highest BCUT2D eigenvalue weighted by Crippen LogP contribution is 2.26. The number of nitrogens with zero attached hydrogens (tertiary/aromatic N) is 1. The van der Waals surface area contributed by atoms with Gasteiger partial charge >= 0.3 is 12.1 Å². The van der Waals surface area contributed by atoms with Gasteiger partial charge in [0.2, 0.25) is 5.78 Å². The van der Waals surface area contributed by atoms with Crippen LogP contribution < -0.4 is 10.1 Å². The SMILES string of the molecule is C=CCC(COC)(NC(=O)OC(C)(C)C)C(=O)OCC(=O)c1cc2ccc(C)nc2cc1OC. The molecule has 0 saturated heterocycles. The number of fused-ring (bicyclic) bond motifs is 1. The molecule has 1 amide bonds. The van der Waals surface area contributed by atoms with Gasteiger partial charge in [-0.1, -0.05) is 12.1 Å². The molecule has 0 saturated carbocycles. The van der Waals surface area contributed by atoms with E-state index in [9.17, 15) is 14.4 Å². The van der Waals surface area contributed by atoms with Gasteiger partial charge in [-0.3, -0.25) is 9.78 Å². The number of benzene rings is 1. The first-order chi connectivity index (χ1) is 15.9. The summed E-state index contributed by atoms with van der Waals surface area (Å²) in [6.45, 7) is 9.82. The number of aryl methyl sites for hydroxylation is 1. The van der Waals surface area contributed by atoms with E-state index in [1.54, 1.807) is 32.9 Å².